The molecule has 2 fully saturated rings. The van der Waals surface area contributed by atoms with Crippen LogP contribution in [0.25, 0.3) is 0 Å². The van der Waals surface area contributed by atoms with Gasteiger partial charge in [-0.1, -0.05) is 49.2 Å². The number of nitrogens with zero attached hydrogens (tertiary/aromatic N) is 2. The summed E-state index contributed by atoms with van der Waals surface area (Å²) in [7, 11) is 1.62. The summed E-state index contributed by atoms with van der Waals surface area (Å²) in [4.78, 5) is 44.7. The minimum Gasteiger partial charge on any atom is -0.497 e. The van der Waals surface area contributed by atoms with E-state index in [1.807, 2.05) is 46.2 Å². The predicted molar refractivity (Wildman–Crippen MR) is 145 cm³/mol. The van der Waals surface area contributed by atoms with Gasteiger partial charge in [0.05, 0.1) is 19.4 Å². The first-order chi connectivity index (χ1) is 18.5. The number of nitrogens with one attached hydrogen (secondary N) is 1. The number of rotatable bonds is 4. The molecule has 38 heavy (non-hydrogen) atoms. The van der Waals surface area contributed by atoms with E-state index in [1.165, 1.54) is 11.1 Å². The van der Waals surface area contributed by atoms with Crippen LogP contribution in [-0.4, -0.2) is 60.3 Å². The van der Waals surface area contributed by atoms with Crippen LogP contribution in [0.5, 0.6) is 5.75 Å². The van der Waals surface area contributed by atoms with Crippen molar-refractivity contribution in [1.29, 1.82) is 0 Å². The zero-order valence-electron chi connectivity index (χ0n) is 22.4. The summed E-state index contributed by atoms with van der Waals surface area (Å²) in [5, 5.41) is 3.11. The number of hydrogen-bond acceptors (Lipinski definition) is 4. The predicted octanol–water partition coefficient (Wildman–Crippen LogP) is 3.74. The SMILES string of the molecule is COc1cccc(CC(=O)N2CCCCCCNC(=O)[C@H]3C[C@H](C(=O)N4CCc5ccccc5C4)C[C@H]32)c1. The first-order valence-corrected chi connectivity index (χ1v) is 14.1. The van der Waals surface area contributed by atoms with Gasteiger partial charge in [0.2, 0.25) is 17.7 Å². The van der Waals surface area contributed by atoms with Crippen LogP contribution < -0.4 is 10.1 Å². The lowest BCUT2D eigenvalue weighted by Crippen LogP contribution is -2.48. The lowest BCUT2D eigenvalue weighted by Gasteiger charge is -2.33. The van der Waals surface area contributed by atoms with Crippen LogP contribution in [0.2, 0.25) is 0 Å². The Morgan fingerprint density at radius 1 is 0.974 bits per heavy atom. The summed E-state index contributed by atoms with van der Waals surface area (Å²) in [6.45, 7) is 2.59. The van der Waals surface area contributed by atoms with Gasteiger partial charge in [-0.2, -0.15) is 0 Å². The van der Waals surface area contributed by atoms with Gasteiger partial charge in [-0.25, -0.2) is 0 Å². The van der Waals surface area contributed by atoms with Gasteiger partial charge in [-0.05, 0) is 60.9 Å². The number of ether oxygens (including phenoxy) is 1. The highest BCUT2D eigenvalue weighted by Gasteiger charge is 2.46. The van der Waals surface area contributed by atoms with Crippen molar-refractivity contribution in [2.45, 2.75) is 64.0 Å². The second-order valence-corrected chi connectivity index (χ2v) is 10.9. The van der Waals surface area contributed by atoms with Gasteiger partial charge in [-0.15, -0.1) is 0 Å². The van der Waals surface area contributed by atoms with Crippen molar-refractivity contribution in [3.63, 3.8) is 0 Å². The molecule has 7 nitrogen and oxygen atoms in total. The molecule has 1 aliphatic carbocycles. The van der Waals surface area contributed by atoms with Gasteiger partial charge in [0.15, 0.2) is 0 Å². The molecule has 2 aliphatic heterocycles. The van der Waals surface area contributed by atoms with Crippen LogP contribution in [-0.2, 0) is 33.8 Å². The van der Waals surface area contributed by atoms with Crippen molar-refractivity contribution >= 4 is 17.7 Å². The molecular formula is C31H39N3O4. The smallest absolute Gasteiger partial charge is 0.227 e. The van der Waals surface area contributed by atoms with Gasteiger partial charge in [0, 0.05) is 38.1 Å². The van der Waals surface area contributed by atoms with Gasteiger partial charge in [0.25, 0.3) is 0 Å². The minimum atomic E-state index is -0.367. The highest BCUT2D eigenvalue weighted by atomic mass is 16.5. The molecule has 0 aromatic heterocycles. The molecular weight excluding hydrogens is 478 g/mol. The maximum absolute atomic E-state index is 13.7. The summed E-state index contributed by atoms with van der Waals surface area (Å²) in [5.74, 6) is 0.215. The zero-order chi connectivity index (χ0) is 26.5. The lowest BCUT2D eigenvalue weighted by molar-refractivity contribution is -0.138. The van der Waals surface area contributed by atoms with Crippen molar-refractivity contribution in [2.24, 2.45) is 11.8 Å². The first kappa shape index (κ1) is 26.3. The number of amides is 3. The van der Waals surface area contributed by atoms with E-state index in [9.17, 15) is 14.4 Å². The van der Waals surface area contributed by atoms with Gasteiger partial charge in [-0.3, -0.25) is 14.4 Å². The van der Waals surface area contributed by atoms with Gasteiger partial charge >= 0.3 is 0 Å². The summed E-state index contributed by atoms with van der Waals surface area (Å²) >= 11 is 0. The Labute approximate surface area is 225 Å². The van der Waals surface area contributed by atoms with Crippen molar-refractivity contribution < 1.29 is 19.1 Å². The van der Waals surface area contributed by atoms with Crippen LogP contribution in [0.15, 0.2) is 48.5 Å². The Morgan fingerprint density at radius 2 is 1.79 bits per heavy atom. The van der Waals surface area contributed by atoms with Crippen LogP contribution in [0, 0.1) is 11.8 Å². The fraction of sp³-hybridized carbons (Fsp3) is 0.516. The Balaban J connectivity index is 1.36. The van der Waals surface area contributed by atoms with Gasteiger partial charge < -0.3 is 19.9 Å². The van der Waals surface area contributed by atoms with Crippen molar-refractivity contribution in [1.82, 2.24) is 15.1 Å². The molecule has 5 rings (SSSR count). The number of fused-ring (bicyclic) bond motifs is 2. The summed E-state index contributed by atoms with van der Waals surface area (Å²) in [6, 6.07) is 15.6. The maximum Gasteiger partial charge on any atom is 0.227 e. The molecule has 202 valence electrons. The number of methoxy groups -OCH3 is 1. The van der Waals surface area contributed by atoms with E-state index in [0.717, 1.165) is 43.4 Å². The molecule has 3 aliphatic rings. The van der Waals surface area contributed by atoms with Crippen LogP contribution >= 0.6 is 0 Å². The van der Waals surface area contributed by atoms with Crippen LogP contribution in [0.1, 0.15) is 55.2 Å². The second-order valence-electron chi connectivity index (χ2n) is 10.9. The molecule has 0 bridgehead atoms. The summed E-state index contributed by atoms with van der Waals surface area (Å²) in [6.07, 6.45) is 6.04. The Kier molecular flexibility index (Phi) is 8.30. The van der Waals surface area contributed by atoms with E-state index in [-0.39, 0.29) is 42.0 Å². The molecule has 3 amide bonds. The average molecular weight is 518 g/mol. The first-order valence-electron chi connectivity index (χ1n) is 14.1. The van der Waals surface area contributed by atoms with E-state index in [1.54, 1.807) is 7.11 Å². The zero-order valence-corrected chi connectivity index (χ0v) is 22.4. The fourth-order valence-electron chi connectivity index (χ4n) is 6.42. The number of carbonyl (C=O) groups excluding carboxylic acids is 3. The number of benzene rings is 2. The largest absolute Gasteiger partial charge is 0.497 e. The monoisotopic (exact) mass is 517 g/mol. The lowest BCUT2D eigenvalue weighted by atomic mass is 9.97. The number of hydrogen-bond donors (Lipinski definition) is 1. The molecule has 0 radical (unpaired) electrons. The topological polar surface area (TPSA) is 79.0 Å². The normalized spacial score (nSPS) is 24.0. The fourth-order valence-corrected chi connectivity index (χ4v) is 6.42. The Morgan fingerprint density at radius 3 is 2.63 bits per heavy atom. The molecule has 0 unspecified atom stereocenters. The highest BCUT2D eigenvalue weighted by Crippen LogP contribution is 2.38. The molecule has 2 aromatic carbocycles. The minimum absolute atomic E-state index is 0.0142. The van der Waals surface area contributed by atoms with E-state index in [0.29, 0.717) is 39.0 Å². The standard InChI is InChI=1S/C31H39N3O4/c1-38-26-12-8-9-22(17-26)18-29(35)34-15-7-3-2-6-14-32-30(36)27-19-25(20-28(27)34)31(37)33-16-13-23-10-4-5-11-24(23)21-33/h4-5,8-12,17,25,27-28H,2-3,6-7,13-16,18-21H2,1H3,(H,32,36)/t25-,27-,28+/m0/s1. The third kappa shape index (κ3) is 5.87. The Hall–Kier alpha value is -3.35. The third-order valence-electron chi connectivity index (χ3n) is 8.49. The molecule has 1 N–H and O–H groups in total. The quantitative estimate of drug-likeness (QED) is 0.670. The van der Waals surface area contributed by atoms with Gasteiger partial charge in [0.1, 0.15) is 5.75 Å². The van der Waals surface area contributed by atoms with Crippen molar-refractivity contribution in [3.05, 3.63) is 65.2 Å². The molecule has 2 aromatic rings. The van der Waals surface area contributed by atoms with Crippen LogP contribution in [0.4, 0.5) is 0 Å². The van der Waals surface area contributed by atoms with E-state index in [4.69, 9.17) is 4.74 Å². The molecule has 3 atom stereocenters. The highest BCUT2D eigenvalue weighted by molar-refractivity contribution is 5.86. The third-order valence-corrected chi connectivity index (χ3v) is 8.49. The van der Waals surface area contributed by atoms with E-state index in [2.05, 4.69) is 17.4 Å². The summed E-state index contributed by atoms with van der Waals surface area (Å²) < 4.78 is 5.35. The molecule has 2 heterocycles. The summed E-state index contributed by atoms with van der Waals surface area (Å²) in [5.41, 5.74) is 3.40. The van der Waals surface area contributed by atoms with Crippen molar-refractivity contribution in [2.75, 3.05) is 26.7 Å². The number of carbonyl (C=O) groups is 3. The molecule has 7 heteroatoms. The Bertz CT molecular complexity index is 1170. The second kappa shape index (κ2) is 12.0. The molecule has 1 saturated heterocycles. The van der Waals surface area contributed by atoms with Crippen molar-refractivity contribution in [3.8, 4) is 5.75 Å². The van der Waals surface area contributed by atoms with E-state index >= 15 is 0 Å². The molecule has 1 saturated carbocycles. The average Bonchev–Trinajstić information content (AvgIpc) is 3.37. The van der Waals surface area contributed by atoms with E-state index < -0.39 is 0 Å². The maximum atomic E-state index is 13.7. The molecule has 0 spiro atoms. The van der Waals surface area contributed by atoms with Crippen LogP contribution in [0.3, 0.4) is 0 Å².